The van der Waals surface area contributed by atoms with Gasteiger partial charge in [-0.15, -0.1) is 0 Å². The summed E-state index contributed by atoms with van der Waals surface area (Å²) in [6.45, 7) is 3.10. The number of aromatic nitrogens is 2. The number of nitrogens with two attached hydrogens (primary N) is 2. The van der Waals surface area contributed by atoms with Crippen LogP contribution in [0, 0.1) is 12.8 Å². The molecular weight excluding hydrogens is 377 g/mol. The number of fused-ring (bicyclic) bond motifs is 1. The first-order valence-corrected chi connectivity index (χ1v) is 10.0. The van der Waals surface area contributed by atoms with Crippen LogP contribution in [0.3, 0.4) is 0 Å². The van der Waals surface area contributed by atoms with E-state index >= 15 is 0 Å². The Labute approximate surface area is 167 Å². The molecule has 9 heteroatoms. The normalized spacial score (nSPS) is 23.1. The highest BCUT2D eigenvalue weighted by Crippen LogP contribution is 2.38. The third kappa shape index (κ3) is 3.32. The SMILES string of the molecule is COCC[C@@H](N)[C@H]1CN(c2ccc3c(=O)n(N)c(=O)n(C4CC4)c3c2C)C[C@@H]1F. The molecule has 4 rings (SSSR count). The molecular formula is C20H28FN5O3. The molecule has 1 aliphatic carbocycles. The number of nitrogen functional groups attached to an aromatic ring is 1. The largest absolute Gasteiger partial charge is 0.385 e. The van der Waals surface area contributed by atoms with Crippen LogP contribution >= 0.6 is 0 Å². The summed E-state index contributed by atoms with van der Waals surface area (Å²) in [6, 6.07) is 3.27. The van der Waals surface area contributed by atoms with Crippen LogP contribution in [0.1, 0.15) is 30.9 Å². The lowest BCUT2D eigenvalue weighted by atomic mass is 9.96. The van der Waals surface area contributed by atoms with E-state index in [2.05, 4.69) is 0 Å². The van der Waals surface area contributed by atoms with E-state index in [4.69, 9.17) is 16.3 Å². The van der Waals surface area contributed by atoms with Gasteiger partial charge in [-0.2, -0.15) is 4.68 Å². The van der Waals surface area contributed by atoms with Crippen molar-refractivity contribution in [3.63, 3.8) is 0 Å². The highest BCUT2D eigenvalue weighted by atomic mass is 19.1. The van der Waals surface area contributed by atoms with Gasteiger partial charge in [0.05, 0.1) is 10.9 Å². The van der Waals surface area contributed by atoms with Crippen LogP contribution in [0.25, 0.3) is 10.9 Å². The molecule has 0 unspecified atom stereocenters. The highest BCUT2D eigenvalue weighted by molar-refractivity contribution is 5.87. The minimum atomic E-state index is -1.04. The van der Waals surface area contributed by atoms with Crippen LogP contribution < -0.4 is 27.7 Å². The van der Waals surface area contributed by atoms with Gasteiger partial charge in [0.15, 0.2) is 0 Å². The van der Waals surface area contributed by atoms with Crippen molar-refractivity contribution in [3.8, 4) is 0 Å². The molecule has 2 fully saturated rings. The number of nitrogens with zero attached hydrogens (tertiary/aromatic N) is 3. The molecule has 3 atom stereocenters. The number of benzene rings is 1. The number of aryl methyl sites for hydroxylation is 1. The second-order valence-corrected chi connectivity index (χ2v) is 8.19. The summed E-state index contributed by atoms with van der Waals surface area (Å²) in [6.07, 6.45) is 1.32. The summed E-state index contributed by atoms with van der Waals surface area (Å²) >= 11 is 0. The van der Waals surface area contributed by atoms with Gasteiger partial charge < -0.3 is 21.2 Å². The fraction of sp³-hybridized carbons (Fsp3) is 0.600. The topological polar surface area (TPSA) is 109 Å². The van der Waals surface area contributed by atoms with Gasteiger partial charge in [-0.1, -0.05) is 0 Å². The number of hydrogen-bond acceptors (Lipinski definition) is 6. The van der Waals surface area contributed by atoms with Crippen molar-refractivity contribution in [2.75, 3.05) is 37.5 Å². The van der Waals surface area contributed by atoms with Gasteiger partial charge in [0.1, 0.15) is 6.17 Å². The smallest absolute Gasteiger partial charge is 0.350 e. The van der Waals surface area contributed by atoms with Crippen molar-refractivity contribution in [2.45, 2.75) is 44.4 Å². The molecule has 1 saturated carbocycles. The van der Waals surface area contributed by atoms with Gasteiger partial charge in [0, 0.05) is 50.5 Å². The van der Waals surface area contributed by atoms with E-state index in [9.17, 15) is 14.0 Å². The predicted octanol–water partition coefficient (Wildman–Crippen LogP) is 0.658. The Kier molecular flexibility index (Phi) is 5.12. The lowest BCUT2D eigenvalue weighted by Gasteiger charge is -2.24. The molecule has 2 heterocycles. The molecule has 0 spiro atoms. The minimum Gasteiger partial charge on any atom is -0.385 e. The fourth-order valence-corrected chi connectivity index (χ4v) is 4.47. The average molecular weight is 405 g/mol. The van der Waals surface area contributed by atoms with E-state index in [-0.39, 0.29) is 24.5 Å². The molecule has 1 aromatic carbocycles. The number of halogens is 1. The van der Waals surface area contributed by atoms with Crippen molar-refractivity contribution in [1.82, 2.24) is 9.24 Å². The molecule has 0 radical (unpaired) electrons. The van der Waals surface area contributed by atoms with Crippen LogP contribution in [-0.4, -0.2) is 48.3 Å². The number of anilines is 1. The van der Waals surface area contributed by atoms with Crippen molar-refractivity contribution < 1.29 is 9.13 Å². The molecule has 29 heavy (non-hydrogen) atoms. The fourth-order valence-electron chi connectivity index (χ4n) is 4.47. The highest BCUT2D eigenvalue weighted by Gasteiger charge is 2.38. The Balaban J connectivity index is 1.76. The summed E-state index contributed by atoms with van der Waals surface area (Å²) in [7, 11) is 1.60. The van der Waals surface area contributed by atoms with Gasteiger partial charge >= 0.3 is 5.69 Å². The summed E-state index contributed by atoms with van der Waals surface area (Å²) in [5, 5.41) is 0.407. The zero-order valence-corrected chi connectivity index (χ0v) is 16.8. The summed E-state index contributed by atoms with van der Waals surface area (Å²) in [4.78, 5) is 27.2. The molecule has 2 aliphatic rings. The Morgan fingerprint density at radius 2 is 2.00 bits per heavy atom. The van der Waals surface area contributed by atoms with Gasteiger partial charge in [-0.05, 0) is 43.9 Å². The first kappa shape index (κ1) is 19.9. The van der Waals surface area contributed by atoms with E-state index in [0.717, 1.165) is 24.1 Å². The zero-order chi connectivity index (χ0) is 20.9. The molecule has 1 aromatic heterocycles. The number of methoxy groups -OCH3 is 1. The summed E-state index contributed by atoms with van der Waals surface area (Å²) in [5.74, 6) is 5.43. The lowest BCUT2D eigenvalue weighted by molar-refractivity contribution is 0.166. The second kappa shape index (κ2) is 7.46. The molecule has 0 bridgehead atoms. The Morgan fingerprint density at radius 3 is 2.66 bits per heavy atom. The van der Waals surface area contributed by atoms with Crippen molar-refractivity contribution in [2.24, 2.45) is 11.7 Å². The average Bonchev–Trinajstić information content (AvgIpc) is 3.46. The summed E-state index contributed by atoms with van der Waals surface area (Å²) in [5.41, 5.74) is 7.40. The maximum absolute atomic E-state index is 14.8. The molecule has 8 nitrogen and oxygen atoms in total. The molecule has 2 aromatic rings. The monoisotopic (exact) mass is 405 g/mol. The van der Waals surface area contributed by atoms with Crippen LogP contribution in [0.4, 0.5) is 10.1 Å². The van der Waals surface area contributed by atoms with Gasteiger partial charge in [-0.3, -0.25) is 9.36 Å². The van der Waals surface area contributed by atoms with Crippen LogP contribution in [0.5, 0.6) is 0 Å². The van der Waals surface area contributed by atoms with E-state index in [0.29, 0.717) is 35.2 Å². The van der Waals surface area contributed by atoms with E-state index < -0.39 is 17.4 Å². The van der Waals surface area contributed by atoms with Gasteiger partial charge in [0.25, 0.3) is 5.56 Å². The number of ether oxygens (including phenoxy) is 1. The standard InChI is InChI=1S/C20H28FN5O3/c1-11-17(24-9-14(15(21)10-24)16(22)7-8-29-2)6-5-13-18(11)25(12-3-4-12)20(28)26(23)19(13)27/h5-6,12,14-16H,3-4,7-10,22-23H2,1-2H3/t14-,15-,16+/m0/s1. The molecule has 4 N–H and O–H groups in total. The lowest BCUT2D eigenvalue weighted by Crippen LogP contribution is -2.44. The van der Waals surface area contributed by atoms with E-state index in [1.54, 1.807) is 17.7 Å². The molecule has 1 saturated heterocycles. The minimum absolute atomic E-state index is 0.0528. The van der Waals surface area contributed by atoms with E-state index in [1.165, 1.54) is 0 Å². The van der Waals surface area contributed by atoms with E-state index in [1.807, 2.05) is 17.9 Å². The predicted molar refractivity (Wildman–Crippen MR) is 111 cm³/mol. The molecule has 0 amide bonds. The summed E-state index contributed by atoms with van der Waals surface area (Å²) < 4.78 is 22.1. The van der Waals surface area contributed by atoms with Crippen molar-refractivity contribution >= 4 is 16.6 Å². The third-order valence-electron chi connectivity index (χ3n) is 6.25. The van der Waals surface area contributed by atoms with Crippen molar-refractivity contribution in [1.29, 1.82) is 0 Å². The molecule has 1 aliphatic heterocycles. The maximum atomic E-state index is 14.8. The zero-order valence-electron chi connectivity index (χ0n) is 16.8. The first-order valence-electron chi connectivity index (χ1n) is 10.0. The second-order valence-electron chi connectivity index (χ2n) is 8.19. The molecule has 158 valence electrons. The van der Waals surface area contributed by atoms with Crippen LogP contribution in [0.2, 0.25) is 0 Å². The Hall–Kier alpha value is -2.39. The van der Waals surface area contributed by atoms with Crippen LogP contribution in [-0.2, 0) is 4.74 Å². The first-order chi connectivity index (χ1) is 13.8. The number of rotatable bonds is 6. The van der Waals surface area contributed by atoms with Crippen LogP contribution in [0.15, 0.2) is 21.7 Å². The number of alkyl halides is 1. The maximum Gasteiger partial charge on any atom is 0.350 e. The number of hydrogen-bond donors (Lipinski definition) is 2. The van der Waals surface area contributed by atoms with Gasteiger partial charge in [0.2, 0.25) is 0 Å². The third-order valence-corrected chi connectivity index (χ3v) is 6.25. The quantitative estimate of drug-likeness (QED) is 0.684. The Bertz CT molecular complexity index is 1050. The van der Waals surface area contributed by atoms with Gasteiger partial charge in [-0.25, -0.2) is 9.18 Å². The Morgan fingerprint density at radius 1 is 1.28 bits per heavy atom. The van der Waals surface area contributed by atoms with Crippen molar-refractivity contribution in [3.05, 3.63) is 38.5 Å².